The molecule has 0 aromatic carbocycles. The van der Waals surface area contributed by atoms with Crippen molar-refractivity contribution in [2.24, 2.45) is 5.10 Å². The largest absolute Gasteiger partial charge is 0.741 e. The third kappa shape index (κ3) is 1.74. The molecule has 0 fully saturated rings. The third-order valence-corrected chi connectivity index (χ3v) is 1.95. The minimum Gasteiger partial charge on any atom is -0.741 e. The maximum atomic E-state index is 5.08. The zero-order valence-electron chi connectivity index (χ0n) is 7.46. The van der Waals surface area contributed by atoms with Gasteiger partial charge < -0.3 is 17.5 Å². The first kappa shape index (κ1) is 8.59. The van der Waals surface area contributed by atoms with Crippen LogP contribution in [0.15, 0.2) is 5.10 Å². The summed E-state index contributed by atoms with van der Waals surface area (Å²) >= 11 is 5.08. The Hall–Kier alpha value is -0.510. The number of hydrogen-bond acceptors (Lipinski definition) is 4. The Bertz CT molecular complexity index is 183. The predicted molar refractivity (Wildman–Crippen MR) is 49.0 cm³/mol. The van der Waals surface area contributed by atoms with Gasteiger partial charge in [-0.05, 0) is 20.8 Å². The second kappa shape index (κ2) is 2.52. The van der Waals surface area contributed by atoms with Crippen LogP contribution in [0.1, 0.15) is 20.8 Å². The van der Waals surface area contributed by atoms with Gasteiger partial charge in [0.05, 0.1) is 0 Å². The third-order valence-electron chi connectivity index (χ3n) is 1.64. The fraction of sp³-hybridized carbons (Fsp3) is 0.857. The lowest BCUT2D eigenvalue weighted by atomic mass is 10.1. The van der Waals surface area contributed by atoms with E-state index < -0.39 is 0 Å². The molecule has 0 aliphatic carbocycles. The first-order valence-corrected chi connectivity index (χ1v) is 4.06. The Kier molecular flexibility index (Phi) is 1.96. The molecule has 0 aromatic heterocycles. The van der Waals surface area contributed by atoms with E-state index in [1.807, 2.05) is 12.1 Å². The molecule has 4 heteroatoms. The summed E-state index contributed by atoms with van der Waals surface area (Å²) in [5.41, 5.74) is 0.0886. The molecular weight excluding hydrogens is 158 g/mol. The molecule has 0 radical (unpaired) electrons. The van der Waals surface area contributed by atoms with Crippen LogP contribution < -0.4 is 0 Å². The minimum atomic E-state index is 0.0886. The van der Waals surface area contributed by atoms with E-state index in [2.05, 4.69) is 30.8 Å². The van der Waals surface area contributed by atoms with Crippen molar-refractivity contribution >= 4 is 17.8 Å². The van der Waals surface area contributed by atoms with Crippen LogP contribution in [0.3, 0.4) is 0 Å². The summed E-state index contributed by atoms with van der Waals surface area (Å²) in [6.07, 6.45) is 0. The molecular formula is C7H14N3S-. The molecule has 0 saturated heterocycles. The predicted octanol–water partition coefficient (Wildman–Crippen LogP) is 0.808. The van der Waals surface area contributed by atoms with Crippen LogP contribution in [0.2, 0.25) is 0 Å². The number of rotatable bonds is 0. The molecule has 1 heterocycles. The normalized spacial score (nSPS) is 19.1. The quantitative estimate of drug-likeness (QED) is 0.504. The summed E-state index contributed by atoms with van der Waals surface area (Å²) in [6.45, 7) is 7.21. The SMILES string of the molecule is CN1CN(C(C)(C)C)C([S-])=N1. The molecule has 11 heavy (non-hydrogen) atoms. The molecule has 1 aliphatic heterocycles. The Morgan fingerprint density at radius 3 is 2.18 bits per heavy atom. The van der Waals surface area contributed by atoms with Gasteiger partial charge in [-0.1, -0.05) is 0 Å². The maximum Gasteiger partial charge on any atom is 0.106 e. The van der Waals surface area contributed by atoms with Gasteiger partial charge in [0, 0.05) is 17.8 Å². The molecule has 0 spiro atoms. The van der Waals surface area contributed by atoms with Crippen molar-refractivity contribution in [2.45, 2.75) is 26.3 Å². The van der Waals surface area contributed by atoms with E-state index >= 15 is 0 Å². The van der Waals surface area contributed by atoms with Gasteiger partial charge in [0.25, 0.3) is 0 Å². The van der Waals surface area contributed by atoms with Gasteiger partial charge in [0.15, 0.2) is 0 Å². The van der Waals surface area contributed by atoms with Gasteiger partial charge in [-0.2, -0.15) is 5.10 Å². The molecule has 1 aliphatic rings. The van der Waals surface area contributed by atoms with Gasteiger partial charge in [-0.3, -0.25) is 5.01 Å². The highest BCUT2D eigenvalue weighted by atomic mass is 32.1. The lowest BCUT2D eigenvalue weighted by Gasteiger charge is -2.36. The molecule has 1 rings (SSSR count). The average Bonchev–Trinajstić information content (AvgIpc) is 2.08. The standard InChI is InChI=1S/C7H15N3S/c1-7(2,3)10-5-9(4)8-6(10)11/h5H2,1-4H3,(H,8,11)/p-1. The number of amidine groups is 1. The zero-order chi connectivity index (χ0) is 8.65. The molecule has 0 atom stereocenters. The summed E-state index contributed by atoms with van der Waals surface area (Å²) in [4.78, 5) is 2.10. The molecule has 0 unspecified atom stereocenters. The molecule has 0 amide bonds. The zero-order valence-corrected chi connectivity index (χ0v) is 8.27. The smallest absolute Gasteiger partial charge is 0.106 e. The van der Waals surface area contributed by atoms with Gasteiger partial charge in [-0.15, -0.1) is 0 Å². The van der Waals surface area contributed by atoms with Gasteiger partial charge in [-0.25, -0.2) is 0 Å². The van der Waals surface area contributed by atoms with E-state index in [1.54, 1.807) is 0 Å². The fourth-order valence-electron chi connectivity index (χ4n) is 0.996. The van der Waals surface area contributed by atoms with Crippen LogP contribution in [-0.2, 0) is 12.6 Å². The van der Waals surface area contributed by atoms with Crippen molar-refractivity contribution < 1.29 is 0 Å². The van der Waals surface area contributed by atoms with Crippen LogP contribution in [0.5, 0.6) is 0 Å². The first-order chi connectivity index (χ1) is 4.91. The van der Waals surface area contributed by atoms with Crippen molar-refractivity contribution in [3.8, 4) is 0 Å². The van der Waals surface area contributed by atoms with Gasteiger partial charge >= 0.3 is 0 Å². The summed E-state index contributed by atoms with van der Waals surface area (Å²) in [7, 11) is 1.93. The Labute approximate surface area is 73.5 Å². The molecule has 0 N–H and O–H groups in total. The molecule has 0 bridgehead atoms. The molecule has 0 aromatic rings. The summed E-state index contributed by atoms with van der Waals surface area (Å²) in [5, 5.41) is 6.68. The van der Waals surface area contributed by atoms with Crippen LogP contribution in [0.25, 0.3) is 0 Å². The highest BCUT2D eigenvalue weighted by Gasteiger charge is 2.23. The van der Waals surface area contributed by atoms with Crippen molar-refractivity contribution in [3.05, 3.63) is 0 Å². The van der Waals surface area contributed by atoms with Crippen LogP contribution in [0.4, 0.5) is 0 Å². The molecule has 3 nitrogen and oxygen atoms in total. The molecule has 64 valence electrons. The number of hydrazone groups is 1. The second-order valence-corrected chi connectivity index (χ2v) is 4.15. The van der Waals surface area contributed by atoms with Crippen molar-refractivity contribution in [1.29, 1.82) is 0 Å². The van der Waals surface area contributed by atoms with E-state index in [0.29, 0.717) is 5.17 Å². The molecule has 0 saturated carbocycles. The first-order valence-electron chi connectivity index (χ1n) is 3.65. The lowest BCUT2D eigenvalue weighted by molar-refractivity contribution is 0.184. The van der Waals surface area contributed by atoms with Crippen molar-refractivity contribution in [2.75, 3.05) is 13.7 Å². The van der Waals surface area contributed by atoms with E-state index in [0.717, 1.165) is 6.67 Å². The highest BCUT2D eigenvalue weighted by Crippen LogP contribution is 2.17. The van der Waals surface area contributed by atoms with E-state index in [-0.39, 0.29) is 5.54 Å². The average molecular weight is 172 g/mol. The number of nitrogens with zero attached hydrogens (tertiary/aromatic N) is 3. The van der Waals surface area contributed by atoms with E-state index in [1.165, 1.54) is 0 Å². The topological polar surface area (TPSA) is 18.8 Å². The number of hydrogen-bond donors (Lipinski definition) is 0. The second-order valence-electron chi connectivity index (χ2n) is 3.78. The van der Waals surface area contributed by atoms with Gasteiger partial charge in [0.1, 0.15) is 6.67 Å². The van der Waals surface area contributed by atoms with E-state index in [9.17, 15) is 0 Å². The lowest BCUT2D eigenvalue weighted by Crippen LogP contribution is -2.44. The van der Waals surface area contributed by atoms with Gasteiger partial charge in [0.2, 0.25) is 0 Å². The van der Waals surface area contributed by atoms with E-state index in [4.69, 9.17) is 12.6 Å². The Morgan fingerprint density at radius 2 is 2.00 bits per heavy atom. The van der Waals surface area contributed by atoms with Crippen molar-refractivity contribution in [1.82, 2.24) is 9.91 Å². The minimum absolute atomic E-state index is 0.0886. The van der Waals surface area contributed by atoms with Crippen LogP contribution in [-0.4, -0.2) is 34.3 Å². The van der Waals surface area contributed by atoms with Crippen molar-refractivity contribution in [3.63, 3.8) is 0 Å². The summed E-state index contributed by atoms with van der Waals surface area (Å²) < 4.78 is 0. The Balaban J connectivity index is 2.72. The highest BCUT2D eigenvalue weighted by molar-refractivity contribution is 7.77. The Morgan fingerprint density at radius 1 is 1.45 bits per heavy atom. The maximum absolute atomic E-state index is 5.08. The van der Waals surface area contributed by atoms with Crippen LogP contribution in [0, 0.1) is 0 Å². The summed E-state index contributed by atoms with van der Waals surface area (Å²) in [6, 6.07) is 0. The monoisotopic (exact) mass is 172 g/mol. The van der Waals surface area contributed by atoms with Crippen LogP contribution >= 0.6 is 0 Å². The summed E-state index contributed by atoms with van der Waals surface area (Å²) in [5.74, 6) is 0. The fourth-order valence-corrected chi connectivity index (χ4v) is 1.47.